The quantitative estimate of drug-likeness (QED) is 0.276. The van der Waals surface area contributed by atoms with Gasteiger partial charge in [-0.05, 0) is 0 Å². The highest BCUT2D eigenvalue weighted by molar-refractivity contribution is 5.70. The third-order valence-electron chi connectivity index (χ3n) is 0.966. The van der Waals surface area contributed by atoms with Gasteiger partial charge in [-0.15, -0.1) is 0 Å². The van der Waals surface area contributed by atoms with Crippen LogP contribution in [0.25, 0.3) is 0 Å². The minimum Gasteiger partial charge on any atom is -0.463 e. The zero-order chi connectivity index (χ0) is 11.9. The fourth-order valence-corrected chi connectivity index (χ4v) is 0.434. The van der Waals surface area contributed by atoms with E-state index in [9.17, 15) is 4.79 Å². The van der Waals surface area contributed by atoms with E-state index in [1.54, 1.807) is 0 Å². The maximum Gasteiger partial charge on any atom is 0.332 e. The van der Waals surface area contributed by atoms with Crippen molar-refractivity contribution in [2.75, 3.05) is 46.1 Å². The van der Waals surface area contributed by atoms with Gasteiger partial charge in [0.1, 0.15) is 13.2 Å². The summed E-state index contributed by atoms with van der Waals surface area (Å²) in [6, 6.07) is 0. The average molecular weight is 224 g/mol. The highest BCUT2D eigenvalue weighted by atomic mass is 16.6. The molecule has 0 saturated heterocycles. The van der Waals surface area contributed by atoms with Crippen LogP contribution in [0.1, 0.15) is 0 Å². The number of ether oxygens (including phenoxy) is 2. The first-order valence-corrected chi connectivity index (χ1v) is 4.58. The number of hydrogen-bond donors (Lipinski definition) is 4. The van der Waals surface area contributed by atoms with Crippen molar-refractivity contribution in [3.63, 3.8) is 0 Å². The lowest BCUT2D eigenvalue weighted by molar-refractivity contribution is -0.148. The summed E-state index contributed by atoms with van der Waals surface area (Å²) in [6.45, 7) is 0.926. The summed E-state index contributed by atoms with van der Waals surface area (Å²) in [5.41, 5.74) is 9.85. The van der Waals surface area contributed by atoms with Crippen molar-refractivity contribution in [1.82, 2.24) is 0 Å². The van der Waals surface area contributed by atoms with Crippen molar-refractivity contribution >= 4 is 5.97 Å². The zero-order valence-corrected chi connectivity index (χ0v) is 8.72. The predicted octanol–water partition coefficient (Wildman–Crippen LogP) is -2.57. The monoisotopic (exact) mass is 224 g/mol. The molecule has 0 spiro atoms. The summed E-state index contributed by atoms with van der Waals surface area (Å²) < 4.78 is 9.24. The molecule has 7 nitrogen and oxygen atoms in total. The number of esters is 1. The van der Waals surface area contributed by atoms with E-state index >= 15 is 0 Å². The first-order chi connectivity index (χ1) is 7.22. The van der Waals surface area contributed by atoms with Gasteiger partial charge in [0, 0.05) is 13.1 Å². The van der Waals surface area contributed by atoms with E-state index in [-0.39, 0.29) is 33.0 Å². The molecule has 0 heterocycles. The fourth-order valence-electron chi connectivity index (χ4n) is 0.434. The SMILES string of the molecule is NCCO.NCCOC(=O)COCCO. The molecule has 0 aliphatic rings. The Hall–Kier alpha value is -0.730. The van der Waals surface area contributed by atoms with Crippen molar-refractivity contribution < 1.29 is 24.5 Å². The molecule has 0 atom stereocenters. The van der Waals surface area contributed by atoms with E-state index in [1.807, 2.05) is 0 Å². The van der Waals surface area contributed by atoms with Gasteiger partial charge >= 0.3 is 5.97 Å². The molecule has 0 fully saturated rings. The van der Waals surface area contributed by atoms with Gasteiger partial charge in [0.2, 0.25) is 0 Å². The van der Waals surface area contributed by atoms with Gasteiger partial charge in [-0.2, -0.15) is 0 Å². The third-order valence-corrected chi connectivity index (χ3v) is 0.966. The summed E-state index contributed by atoms with van der Waals surface area (Å²) >= 11 is 0. The Morgan fingerprint density at radius 2 is 1.67 bits per heavy atom. The predicted molar refractivity (Wildman–Crippen MR) is 54.1 cm³/mol. The van der Waals surface area contributed by atoms with E-state index in [4.69, 9.17) is 21.7 Å². The zero-order valence-electron chi connectivity index (χ0n) is 8.72. The van der Waals surface area contributed by atoms with Gasteiger partial charge in [-0.3, -0.25) is 0 Å². The molecule has 0 aromatic rings. The maximum absolute atomic E-state index is 10.6. The Balaban J connectivity index is 0. The van der Waals surface area contributed by atoms with Crippen molar-refractivity contribution in [2.24, 2.45) is 11.5 Å². The van der Waals surface area contributed by atoms with Crippen LogP contribution in [0.5, 0.6) is 0 Å². The molecule has 92 valence electrons. The molecule has 0 amide bonds. The van der Waals surface area contributed by atoms with Gasteiger partial charge in [0.25, 0.3) is 0 Å². The lowest BCUT2D eigenvalue weighted by Gasteiger charge is -2.02. The summed E-state index contributed by atoms with van der Waals surface area (Å²) in [5, 5.41) is 16.0. The smallest absolute Gasteiger partial charge is 0.332 e. The van der Waals surface area contributed by atoms with Crippen LogP contribution in [-0.2, 0) is 14.3 Å². The van der Waals surface area contributed by atoms with Crippen molar-refractivity contribution in [3.05, 3.63) is 0 Å². The fraction of sp³-hybridized carbons (Fsp3) is 0.875. The molecular formula is C8H20N2O5. The number of hydrogen-bond acceptors (Lipinski definition) is 7. The normalized spacial score (nSPS) is 9.07. The van der Waals surface area contributed by atoms with Gasteiger partial charge in [0.15, 0.2) is 0 Å². The van der Waals surface area contributed by atoms with Crippen LogP contribution in [0, 0.1) is 0 Å². The molecule has 15 heavy (non-hydrogen) atoms. The average Bonchev–Trinajstić information content (AvgIpc) is 2.27. The summed E-state index contributed by atoms with van der Waals surface area (Å²) in [6.07, 6.45) is 0. The molecule has 0 aliphatic carbocycles. The van der Waals surface area contributed by atoms with E-state index in [0.29, 0.717) is 13.1 Å². The summed E-state index contributed by atoms with van der Waals surface area (Å²) in [4.78, 5) is 10.6. The molecule has 0 rings (SSSR count). The second-order valence-corrected chi connectivity index (χ2v) is 2.30. The van der Waals surface area contributed by atoms with Gasteiger partial charge in [-0.25, -0.2) is 4.79 Å². The minimum atomic E-state index is -0.455. The van der Waals surface area contributed by atoms with Crippen molar-refractivity contribution in [3.8, 4) is 0 Å². The second kappa shape index (κ2) is 15.7. The molecule has 7 heteroatoms. The van der Waals surface area contributed by atoms with Gasteiger partial charge in [0.05, 0.1) is 19.8 Å². The minimum absolute atomic E-state index is 0.0931. The molecule has 0 aromatic carbocycles. The number of carbonyl (C=O) groups excluding carboxylic acids is 1. The third kappa shape index (κ3) is 19.6. The maximum atomic E-state index is 10.6. The summed E-state index contributed by atoms with van der Waals surface area (Å²) in [7, 11) is 0. The Bertz CT molecular complexity index is 132. The van der Waals surface area contributed by atoms with Crippen LogP contribution in [0.15, 0.2) is 0 Å². The van der Waals surface area contributed by atoms with Crippen LogP contribution < -0.4 is 11.5 Å². The Kier molecular flexibility index (Phi) is 17.5. The van der Waals surface area contributed by atoms with E-state index in [2.05, 4.69) is 9.47 Å². The molecule has 6 N–H and O–H groups in total. The number of aliphatic hydroxyl groups excluding tert-OH is 2. The molecule has 0 unspecified atom stereocenters. The van der Waals surface area contributed by atoms with E-state index in [0.717, 1.165) is 0 Å². The Labute approximate surface area is 89.0 Å². The first kappa shape index (κ1) is 16.7. The highest BCUT2D eigenvalue weighted by Crippen LogP contribution is 1.79. The lowest BCUT2D eigenvalue weighted by atomic mass is 10.6. The second-order valence-electron chi connectivity index (χ2n) is 2.30. The molecule has 0 aliphatic heterocycles. The van der Waals surface area contributed by atoms with Crippen LogP contribution in [-0.4, -0.2) is 62.3 Å². The van der Waals surface area contributed by atoms with Crippen LogP contribution >= 0.6 is 0 Å². The molecule has 0 aromatic heterocycles. The number of carbonyl (C=O) groups is 1. The Morgan fingerprint density at radius 3 is 2.07 bits per heavy atom. The van der Waals surface area contributed by atoms with Crippen molar-refractivity contribution in [1.29, 1.82) is 0 Å². The van der Waals surface area contributed by atoms with Gasteiger partial charge < -0.3 is 31.2 Å². The number of aliphatic hydroxyl groups is 2. The highest BCUT2D eigenvalue weighted by Gasteiger charge is 2.00. The van der Waals surface area contributed by atoms with Crippen molar-refractivity contribution in [2.45, 2.75) is 0 Å². The van der Waals surface area contributed by atoms with Crippen LogP contribution in [0.3, 0.4) is 0 Å². The lowest BCUT2D eigenvalue weighted by Crippen LogP contribution is -2.18. The standard InChI is InChI=1S/C6H13NO4.C2H7NO/c7-1-3-11-6(9)5-10-4-2-8;3-1-2-4/h8H,1-5,7H2;4H,1-3H2. The van der Waals surface area contributed by atoms with Gasteiger partial charge in [-0.1, -0.05) is 0 Å². The molecular weight excluding hydrogens is 204 g/mol. The van der Waals surface area contributed by atoms with E-state index in [1.165, 1.54) is 0 Å². The Morgan fingerprint density at radius 1 is 1.07 bits per heavy atom. The topological polar surface area (TPSA) is 128 Å². The molecule has 0 bridgehead atoms. The summed E-state index contributed by atoms with van der Waals surface area (Å²) in [5.74, 6) is -0.455. The van der Waals surface area contributed by atoms with E-state index < -0.39 is 5.97 Å². The molecule has 0 saturated carbocycles. The first-order valence-electron chi connectivity index (χ1n) is 4.58. The number of nitrogens with two attached hydrogens (primary N) is 2. The number of rotatable bonds is 7. The largest absolute Gasteiger partial charge is 0.463 e. The molecule has 0 radical (unpaired) electrons. The van der Waals surface area contributed by atoms with Crippen LogP contribution in [0.2, 0.25) is 0 Å². The van der Waals surface area contributed by atoms with Crippen LogP contribution in [0.4, 0.5) is 0 Å².